The summed E-state index contributed by atoms with van der Waals surface area (Å²) >= 11 is 0. The third kappa shape index (κ3) is 5.33. The first-order valence-electron chi connectivity index (χ1n) is 6.30. The fourth-order valence-electron chi connectivity index (χ4n) is 1.60. The molecule has 0 spiro atoms. The van der Waals surface area contributed by atoms with Gasteiger partial charge in [0.05, 0.1) is 20.6 Å². The Hall–Kier alpha value is -1.64. The summed E-state index contributed by atoms with van der Waals surface area (Å²) in [5, 5.41) is 0. The van der Waals surface area contributed by atoms with Crippen LogP contribution in [0.25, 0.3) is 0 Å². The molecule has 1 aromatic rings. The SMILES string of the molecule is COC(=O)CCN(C)S(=O)(=O)NCc1ccccc1OC. The number of hydrogen-bond donors (Lipinski definition) is 1. The highest BCUT2D eigenvalue weighted by molar-refractivity contribution is 7.87. The number of nitrogens with zero attached hydrogens (tertiary/aromatic N) is 1. The molecule has 0 bridgehead atoms. The Morgan fingerprint density at radius 2 is 1.95 bits per heavy atom. The Morgan fingerprint density at radius 3 is 2.57 bits per heavy atom. The number of rotatable bonds is 8. The van der Waals surface area contributed by atoms with Crippen molar-refractivity contribution in [2.45, 2.75) is 13.0 Å². The molecule has 1 rings (SSSR count). The zero-order chi connectivity index (χ0) is 15.9. The van der Waals surface area contributed by atoms with Gasteiger partial charge in [-0.1, -0.05) is 18.2 Å². The van der Waals surface area contributed by atoms with Crippen molar-refractivity contribution in [1.82, 2.24) is 9.03 Å². The minimum Gasteiger partial charge on any atom is -0.496 e. The van der Waals surface area contributed by atoms with E-state index < -0.39 is 16.2 Å². The quantitative estimate of drug-likeness (QED) is 0.707. The number of methoxy groups -OCH3 is 2. The zero-order valence-electron chi connectivity index (χ0n) is 12.3. The van der Waals surface area contributed by atoms with Gasteiger partial charge in [-0.05, 0) is 6.07 Å². The van der Waals surface area contributed by atoms with Crippen molar-refractivity contribution in [2.75, 3.05) is 27.8 Å². The molecule has 0 amide bonds. The summed E-state index contributed by atoms with van der Waals surface area (Å²) in [7, 11) is 0.513. The standard InChI is InChI=1S/C13H20N2O5S/c1-15(9-8-13(16)20-3)21(17,18)14-10-11-6-4-5-7-12(11)19-2/h4-7,14H,8-10H2,1-3H3. The van der Waals surface area contributed by atoms with E-state index in [9.17, 15) is 13.2 Å². The lowest BCUT2D eigenvalue weighted by Gasteiger charge is -2.17. The predicted molar refractivity (Wildman–Crippen MR) is 78.0 cm³/mol. The lowest BCUT2D eigenvalue weighted by atomic mass is 10.2. The van der Waals surface area contributed by atoms with Crippen molar-refractivity contribution in [3.63, 3.8) is 0 Å². The van der Waals surface area contributed by atoms with Gasteiger partial charge in [-0.25, -0.2) is 0 Å². The van der Waals surface area contributed by atoms with Crippen LogP contribution in [-0.4, -0.2) is 46.5 Å². The summed E-state index contributed by atoms with van der Waals surface area (Å²) in [4.78, 5) is 11.0. The number of nitrogens with one attached hydrogen (secondary N) is 1. The van der Waals surface area contributed by atoms with Crippen LogP contribution in [0.1, 0.15) is 12.0 Å². The Labute approximate surface area is 125 Å². The molecule has 0 aliphatic heterocycles. The lowest BCUT2D eigenvalue weighted by Crippen LogP contribution is -2.39. The average Bonchev–Trinajstić information content (AvgIpc) is 2.50. The van der Waals surface area contributed by atoms with Gasteiger partial charge in [-0.3, -0.25) is 4.79 Å². The van der Waals surface area contributed by atoms with E-state index in [1.165, 1.54) is 21.3 Å². The molecule has 7 nitrogen and oxygen atoms in total. The maximum Gasteiger partial charge on any atom is 0.306 e. The summed E-state index contributed by atoms with van der Waals surface area (Å²) < 4.78 is 37.2. The van der Waals surface area contributed by atoms with E-state index in [4.69, 9.17) is 4.74 Å². The van der Waals surface area contributed by atoms with Gasteiger partial charge in [0.15, 0.2) is 0 Å². The Balaban J connectivity index is 2.61. The van der Waals surface area contributed by atoms with Crippen LogP contribution in [0.5, 0.6) is 5.75 Å². The van der Waals surface area contributed by atoms with Crippen molar-refractivity contribution in [1.29, 1.82) is 0 Å². The molecule has 0 saturated heterocycles. The fraction of sp³-hybridized carbons (Fsp3) is 0.462. The summed E-state index contributed by atoms with van der Waals surface area (Å²) in [6.45, 7) is 0.156. The van der Waals surface area contributed by atoms with Crippen molar-refractivity contribution in [3.8, 4) is 5.75 Å². The highest BCUT2D eigenvalue weighted by atomic mass is 32.2. The topological polar surface area (TPSA) is 84.9 Å². The molecule has 0 atom stereocenters. The van der Waals surface area contributed by atoms with Crippen LogP contribution in [0.3, 0.4) is 0 Å². The van der Waals surface area contributed by atoms with Gasteiger partial charge in [0.2, 0.25) is 0 Å². The molecule has 21 heavy (non-hydrogen) atoms. The van der Waals surface area contributed by atoms with Crippen LogP contribution in [0.2, 0.25) is 0 Å². The first kappa shape index (κ1) is 17.4. The van der Waals surface area contributed by atoms with Crippen molar-refractivity contribution >= 4 is 16.2 Å². The number of benzene rings is 1. The average molecular weight is 316 g/mol. The summed E-state index contributed by atoms with van der Waals surface area (Å²) in [5.74, 6) is 0.152. The molecule has 0 aromatic heterocycles. The molecular formula is C13H20N2O5S. The zero-order valence-corrected chi connectivity index (χ0v) is 13.1. The van der Waals surface area contributed by atoms with Gasteiger partial charge >= 0.3 is 5.97 Å². The van der Waals surface area contributed by atoms with Crippen molar-refractivity contribution < 1.29 is 22.7 Å². The van der Waals surface area contributed by atoms with Gasteiger partial charge in [0.25, 0.3) is 10.2 Å². The second kappa shape index (κ2) is 7.96. The largest absolute Gasteiger partial charge is 0.496 e. The Bertz CT molecular complexity index is 574. The summed E-state index contributed by atoms with van der Waals surface area (Å²) in [5.41, 5.74) is 0.727. The van der Waals surface area contributed by atoms with E-state index in [0.29, 0.717) is 5.75 Å². The maximum absolute atomic E-state index is 12.0. The van der Waals surface area contributed by atoms with Crippen LogP contribution in [-0.2, 0) is 26.3 Å². The molecule has 1 aromatic carbocycles. The normalized spacial score (nSPS) is 11.4. The molecule has 0 heterocycles. The van der Waals surface area contributed by atoms with Crippen LogP contribution < -0.4 is 9.46 Å². The van der Waals surface area contributed by atoms with Gasteiger partial charge in [0.1, 0.15) is 5.75 Å². The van der Waals surface area contributed by atoms with E-state index in [2.05, 4.69) is 9.46 Å². The molecule has 0 aliphatic rings. The fourth-order valence-corrected chi connectivity index (χ4v) is 2.49. The van der Waals surface area contributed by atoms with Crippen LogP contribution in [0.15, 0.2) is 24.3 Å². The minimum absolute atomic E-state index is 0.00255. The van der Waals surface area contributed by atoms with Gasteiger partial charge in [-0.2, -0.15) is 17.4 Å². The number of carbonyl (C=O) groups is 1. The third-order valence-corrected chi connectivity index (χ3v) is 4.42. The molecule has 0 aliphatic carbocycles. The van der Waals surface area contributed by atoms with E-state index in [-0.39, 0.29) is 19.5 Å². The second-order valence-electron chi connectivity index (χ2n) is 4.29. The predicted octanol–water partition coefficient (Wildman–Crippen LogP) is 0.525. The molecule has 0 fully saturated rings. The van der Waals surface area contributed by atoms with Crippen LogP contribution in [0, 0.1) is 0 Å². The summed E-state index contributed by atoms with van der Waals surface area (Å²) in [6, 6.07) is 7.13. The van der Waals surface area contributed by atoms with Gasteiger partial charge in [-0.15, -0.1) is 0 Å². The third-order valence-electron chi connectivity index (χ3n) is 2.91. The molecule has 0 saturated carbocycles. The van der Waals surface area contributed by atoms with E-state index >= 15 is 0 Å². The van der Waals surface area contributed by atoms with Crippen LogP contribution >= 0.6 is 0 Å². The van der Waals surface area contributed by atoms with Gasteiger partial charge < -0.3 is 9.47 Å². The van der Waals surface area contributed by atoms with Crippen molar-refractivity contribution in [3.05, 3.63) is 29.8 Å². The Kier molecular flexibility index (Phi) is 6.60. The first-order chi connectivity index (χ1) is 9.90. The molecule has 1 N–H and O–H groups in total. The van der Waals surface area contributed by atoms with Crippen LogP contribution in [0.4, 0.5) is 0 Å². The van der Waals surface area contributed by atoms with E-state index in [1.807, 2.05) is 0 Å². The first-order valence-corrected chi connectivity index (χ1v) is 7.74. The lowest BCUT2D eigenvalue weighted by molar-refractivity contribution is -0.140. The second-order valence-corrected chi connectivity index (χ2v) is 6.15. The van der Waals surface area contributed by atoms with Gasteiger partial charge in [0, 0.05) is 25.7 Å². The number of para-hydroxylation sites is 1. The number of carbonyl (C=O) groups excluding carboxylic acids is 1. The number of ether oxygens (including phenoxy) is 2. The highest BCUT2D eigenvalue weighted by Gasteiger charge is 2.18. The van der Waals surface area contributed by atoms with E-state index in [1.54, 1.807) is 24.3 Å². The molecule has 118 valence electrons. The summed E-state index contributed by atoms with van der Waals surface area (Å²) in [6.07, 6.45) is 0.00255. The maximum atomic E-state index is 12.0. The number of esters is 1. The smallest absolute Gasteiger partial charge is 0.306 e. The number of hydrogen-bond acceptors (Lipinski definition) is 5. The minimum atomic E-state index is -3.67. The molecule has 0 radical (unpaired) electrons. The molecule has 0 unspecified atom stereocenters. The molecule has 8 heteroatoms. The highest BCUT2D eigenvalue weighted by Crippen LogP contribution is 2.17. The Morgan fingerprint density at radius 1 is 1.29 bits per heavy atom. The van der Waals surface area contributed by atoms with Crippen molar-refractivity contribution in [2.24, 2.45) is 0 Å². The molecular weight excluding hydrogens is 296 g/mol. The van der Waals surface area contributed by atoms with E-state index in [0.717, 1.165) is 9.87 Å². The monoisotopic (exact) mass is 316 g/mol.